The summed E-state index contributed by atoms with van der Waals surface area (Å²) in [6.07, 6.45) is 6.97. The first kappa shape index (κ1) is 14.0. The molecular formula is C15H17N3O2S. The van der Waals surface area contributed by atoms with Gasteiger partial charge in [-0.2, -0.15) is 11.3 Å². The van der Waals surface area contributed by atoms with Gasteiger partial charge in [-0.3, -0.25) is 9.59 Å². The molecule has 0 saturated heterocycles. The van der Waals surface area contributed by atoms with Gasteiger partial charge in [-0.05, 0) is 35.2 Å². The maximum atomic E-state index is 12.7. The molecule has 1 N–H and O–H groups in total. The summed E-state index contributed by atoms with van der Waals surface area (Å²) in [4.78, 5) is 32.2. The van der Waals surface area contributed by atoms with Crippen LogP contribution in [0.2, 0.25) is 0 Å². The average Bonchev–Trinajstić information content (AvgIpc) is 3.18. The SMILES string of the molecule is O=C(c1c[nH]c(=O)cn1)N(Cc1ccsc1)C1CCCC1. The van der Waals surface area contributed by atoms with E-state index in [9.17, 15) is 9.59 Å². The number of H-pyrrole nitrogens is 1. The largest absolute Gasteiger partial charge is 0.330 e. The zero-order valence-corrected chi connectivity index (χ0v) is 12.4. The molecule has 0 atom stereocenters. The zero-order valence-electron chi connectivity index (χ0n) is 11.6. The fourth-order valence-electron chi connectivity index (χ4n) is 2.77. The van der Waals surface area contributed by atoms with Crippen LogP contribution in [-0.4, -0.2) is 26.8 Å². The molecule has 0 unspecified atom stereocenters. The summed E-state index contributed by atoms with van der Waals surface area (Å²) >= 11 is 1.63. The van der Waals surface area contributed by atoms with Crippen LogP contribution in [0, 0.1) is 0 Å². The minimum Gasteiger partial charge on any atom is -0.330 e. The number of nitrogens with one attached hydrogen (secondary N) is 1. The van der Waals surface area contributed by atoms with Crippen LogP contribution >= 0.6 is 11.3 Å². The first-order valence-corrected chi connectivity index (χ1v) is 8.05. The van der Waals surface area contributed by atoms with Crippen molar-refractivity contribution in [3.63, 3.8) is 0 Å². The molecule has 21 heavy (non-hydrogen) atoms. The van der Waals surface area contributed by atoms with Gasteiger partial charge in [0.25, 0.3) is 11.5 Å². The molecule has 1 amide bonds. The Hall–Kier alpha value is -1.95. The van der Waals surface area contributed by atoms with Gasteiger partial charge in [-0.1, -0.05) is 12.8 Å². The summed E-state index contributed by atoms with van der Waals surface area (Å²) in [5, 5.41) is 4.08. The smallest absolute Gasteiger partial charge is 0.274 e. The predicted octanol–water partition coefficient (Wildman–Crippen LogP) is 2.42. The Bertz CT molecular complexity index is 639. The molecule has 1 aliphatic carbocycles. The lowest BCUT2D eigenvalue weighted by atomic mass is 10.1. The van der Waals surface area contributed by atoms with Gasteiger partial charge in [0.1, 0.15) is 5.69 Å². The highest BCUT2D eigenvalue weighted by molar-refractivity contribution is 7.07. The van der Waals surface area contributed by atoms with Crippen LogP contribution in [0.25, 0.3) is 0 Å². The molecule has 0 bridgehead atoms. The van der Waals surface area contributed by atoms with Crippen molar-refractivity contribution in [2.75, 3.05) is 0 Å². The summed E-state index contributed by atoms with van der Waals surface area (Å²) < 4.78 is 0. The van der Waals surface area contributed by atoms with E-state index in [4.69, 9.17) is 0 Å². The molecule has 0 aromatic carbocycles. The molecule has 1 saturated carbocycles. The molecule has 1 fully saturated rings. The standard InChI is InChI=1S/C15H17N3O2S/c19-14-8-16-13(7-17-14)15(20)18(12-3-1-2-4-12)9-11-5-6-21-10-11/h5-8,10,12H,1-4,9H2,(H,17,19). The second kappa shape index (κ2) is 6.22. The Morgan fingerprint density at radius 3 is 2.86 bits per heavy atom. The number of thiophene rings is 1. The molecule has 5 nitrogen and oxygen atoms in total. The third-order valence-electron chi connectivity index (χ3n) is 3.85. The normalized spacial score (nSPS) is 15.2. The van der Waals surface area contributed by atoms with Crippen molar-refractivity contribution < 1.29 is 4.79 Å². The number of carbonyl (C=O) groups excluding carboxylic acids is 1. The van der Waals surface area contributed by atoms with Crippen LogP contribution in [0.1, 0.15) is 41.7 Å². The van der Waals surface area contributed by atoms with Crippen LogP contribution in [-0.2, 0) is 6.54 Å². The van der Waals surface area contributed by atoms with Crippen LogP contribution in [0.3, 0.4) is 0 Å². The second-order valence-corrected chi connectivity index (χ2v) is 6.08. The molecule has 0 radical (unpaired) electrons. The Labute approximate surface area is 126 Å². The number of amides is 1. The van der Waals surface area contributed by atoms with E-state index >= 15 is 0 Å². The molecule has 2 heterocycles. The molecule has 2 aromatic heterocycles. The summed E-state index contributed by atoms with van der Waals surface area (Å²) in [6, 6.07) is 2.31. The van der Waals surface area contributed by atoms with E-state index in [-0.39, 0.29) is 17.5 Å². The first-order valence-electron chi connectivity index (χ1n) is 7.11. The monoisotopic (exact) mass is 303 g/mol. The summed E-state index contributed by atoms with van der Waals surface area (Å²) in [5.41, 5.74) is 1.15. The number of aromatic amines is 1. The van der Waals surface area contributed by atoms with E-state index in [0.29, 0.717) is 12.2 Å². The van der Waals surface area contributed by atoms with Gasteiger partial charge in [0, 0.05) is 18.8 Å². The number of hydrogen-bond donors (Lipinski definition) is 1. The number of aromatic nitrogens is 2. The van der Waals surface area contributed by atoms with Gasteiger partial charge in [-0.25, -0.2) is 4.98 Å². The van der Waals surface area contributed by atoms with Crippen molar-refractivity contribution in [2.45, 2.75) is 38.3 Å². The van der Waals surface area contributed by atoms with Gasteiger partial charge in [0.05, 0.1) is 6.20 Å². The lowest BCUT2D eigenvalue weighted by molar-refractivity contribution is 0.0658. The van der Waals surface area contributed by atoms with Crippen molar-refractivity contribution in [3.8, 4) is 0 Å². The van der Waals surface area contributed by atoms with Crippen molar-refractivity contribution in [2.24, 2.45) is 0 Å². The summed E-state index contributed by atoms with van der Waals surface area (Å²) in [5.74, 6) is -0.107. The molecule has 6 heteroatoms. The Balaban J connectivity index is 1.84. The minimum atomic E-state index is -0.295. The van der Waals surface area contributed by atoms with Crippen molar-refractivity contribution in [3.05, 3.63) is 50.8 Å². The van der Waals surface area contributed by atoms with Gasteiger partial charge in [0.15, 0.2) is 0 Å². The highest BCUT2D eigenvalue weighted by atomic mass is 32.1. The van der Waals surface area contributed by atoms with Crippen molar-refractivity contribution >= 4 is 17.2 Å². The van der Waals surface area contributed by atoms with Gasteiger partial charge >= 0.3 is 0 Å². The highest BCUT2D eigenvalue weighted by Gasteiger charge is 2.28. The Morgan fingerprint density at radius 2 is 2.24 bits per heavy atom. The summed E-state index contributed by atoms with van der Waals surface area (Å²) in [7, 11) is 0. The third-order valence-corrected chi connectivity index (χ3v) is 4.58. The average molecular weight is 303 g/mol. The first-order chi connectivity index (χ1) is 10.2. The molecule has 110 valence electrons. The topological polar surface area (TPSA) is 66.1 Å². The molecular weight excluding hydrogens is 286 g/mol. The number of nitrogens with zero attached hydrogens (tertiary/aromatic N) is 2. The maximum Gasteiger partial charge on any atom is 0.274 e. The predicted molar refractivity (Wildman–Crippen MR) is 81.3 cm³/mol. The van der Waals surface area contributed by atoms with Crippen LogP contribution in [0.5, 0.6) is 0 Å². The molecule has 1 aliphatic rings. The van der Waals surface area contributed by atoms with Gasteiger partial charge in [0.2, 0.25) is 0 Å². The lowest BCUT2D eigenvalue weighted by Gasteiger charge is -2.28. The fourth-order valence-corrected chi connectivity index (χ4v) is 3.43. The molecule has 3 rings (SSSR count). The third kappa shape index (κ3) is 3.21. The zero-order chi connectivity index (χ0) is 14.7. The molecule has 0 aliphatic heterocycles. The van der Waals surface area contributed by atoms with Crippen molar-refractivity contribution in [1.82, 2.24) is 14.9 Å². The minimum absolute atomic E-state index is 0.107. The van der Waals surface area contributed by atoms with Gasteiger partial charge < -0.3 is 9.88 Å². The summed E-state index contributed by atoms with van der Waals surface area (Å²) in [6.45, 7) is 0.605. The van der Waals surface area contributed by atoms with Crippen molar-refractivity contribution in [1.29, 1.82) is 0 Å². The second-order valence-electron chi connectivity index (χ2n) is 5.30. The van der Waals surface area contributed by atoms with E-state index in [2.05, 4.69) is 15.3 Å². The Kier molecular flexibility index (Phi) is 4.15. The van der Waals surface area contributed by atoms with Gasteiger partial charge in [-0.15, -0.1) is 0 Å². The molecule has 2 aromatic rings. The van der Waals surface area contributed by atoms with E-state index < -0.39 is 0 Å². The number of hydrogen-bond acceptors (Lipinski definition) is 4. The van der Waals surface area contributed by atoms with Crippen LogP contribution in [0.15, 0.2) is 34.0 Å². The quantitative estimate of drug-likeness (QED) is 0.943. The van der Waals surface area contributed by atoms with Crippen LogP contribution in [0.4, 0.5) is 0 Å². The Morgan fingerprint density at radius 1 is 1.43 bits per heavy atom. The molecule has 0 spiro atoms. The van der Waals surface area contributed by atoms with E-state index in [1.165, 1.54) is 6.20 Å². The van der Waals surface area contributed by atoms with E-state index in [1.54, 1.807) is 11.3 Å². The van der Waals surface area contributed by atoms with Crippen LogP contribution < -0.4 is 5.56 Å². The fraction of sp³-hybridized carbons (Fsp3) is 0.400. The lowest BCUT2D eigenvalue weighted by Crippen LogP contribution is -2.38. The number of carbonyl (C=O) groups is 1. The maximum absolute atomic E-state index is 12.7. The van der Waals surface area contributed by atoms with E-state index in [1.807, 2.05) is 16.3 Å². The number of rotatable bonds is 4. The van der Waals surface area contributed by atoms with E-state index in [0.717, 1.165) is 37.4 Å². The highest BCUT2D eigenvalue weighted by Crippen LogP contribution is 2.26.